The second kappa shape index (κ2) is 10.4. The standard InChI is InChI=1S/C37H37N3O2S/c1-24-15-29(19-34-35(41)39(23-33-9-6-14-42-33)36(43-34)38-31-7-4-3-5-8-31)25(2)40(24)32-12-10-30(11-13-32)37-20-26-16-27(21-37)18-28(17-26)22-37/h3-15,19,26-28H,16-18,20-23H2,1-2H3/b34-19-,38-36?. The van der Waals surface area contributed by atoms with E-state index < -0.39 is 0 Å². The lowest BCUT2D eigenvalue weighted by Crippen LogP contribution is -2.48. The molecule has 5 fully saturated rings. The number of carbonyl (C=O) groups excluding carboxylic acids is 1. The number of hydrogen-bond acceptors (Lipinski definition) is 4. The Bertz CT molecular complexity index is 1690. The van der Waals surface area contributed by atoms with Gasteiger partial charge in [-0.2, -0.15) is 0 Å². The molecule has 0 radical (unpaired) electrons. The Kier molecular flexibility index (Phi) is 6.52. The highest BCUT2D eigenvalue weighted by molar-refractivity contribution is 8.18. The third-order valence-corrected chi connectivity index (χ3v) is 11.3. The summed E-state index contributed by atoms with van der Waals surface area (Å²) in [6.45, 7) is 4.64. The van der Waals surface area contributed by atoms with E-state index in [0.29, 0.717) is 22.0 Å². The van der Waals surface area contributed by atoms with E-state index in [2.05, 4.69) is 48.7 Å². The first-order chi connectivity index (χ1) is 20.9. The Morgan fingerprint density at radius 1 is 0.930 bits per heavy atom. The van der Waals surface area contributed by atoms with Gasteiger partial charge in [-0.15, -0.1) is 0 Å². The normalized spacial score (nSPS) is 28.1. The van der Waals surface area contributed by atoms with Crippen molar-refractivity contribution >= 4 is 34.6 Å². The maximum atomic E-state index is 13.7. The van der Waals surface area contributed by atoms with Crippen LogP contribution >= 0.6 is 11.8 Å². The molecule has 3 heterocycles. The predicted molar refractivity (Wildman–Crippen MR) is 173 cm³/mol. The number of aromatic nitrogens is 1. The van der Waals surface area contributed by atoms with E-state index in [0.717, 1.165) is 46.2 Å². The molecule has 1 aliphatic heterocycles. The van der Waals surface area contributed by atoms with Crippen LogP contribution in [-0.2, 0) is 16.8 Å². The number of nitrogens with zero attached hydrogens (tertiary/aromatic N) is 3. The molecule has 4 bridgehead atoms. The maximum Gasteiger partial charge on any atom is 0.267 e. The Balaban J connectivity index is 1.09. The van der Waals surface area contributed by atoms with Crippen molar-refractivity contribution in [3.05, 3.63) is 112 Å². The SMILES string of the molecule is Cc1cc(/C=C2\SC(=Nc3ccccc3)N(Cc3ccco3)C2=O)c(C)n1-c1ccc(C23CC4CC(CC(C4)C2)C3)cc1. The number of aryl methyl sites for hydroxylation is 1. The Morgan fingerprint density at radius 3 is 2.28 bits per heavy atom. The summed E-state index contributed by atoms with van der Waals surface area (Å²) in [4.78, 5) is 20.9. The van der Waals surface area contributed by atoms with Crippen LogP contribution in [0.15, 0.2) is 93.4 Å². The number of carbonyl (C=O) groups is 1. The van der Waals surface area contributed by atoms with Crippen molar-refractivity contribution in [1.29, 1.82) is 0 Å². The highest BCUT2D eigenvalue weighted by Crippen LogP contribution is 2.60. The molecule has 0 N–H and O–H groups in total. The van der Waals surface area contributed by atoms with Crippen LogP contribution in [0.1, 0.15) is 66.8 Å². The molecular weight excluding hydrogens is 550 g/mol. The highest BCUT2D eigenvalue weighted by Gasteiger charge is 2.51. The molecule has 0 atom stereocenters. The van der Waals surface area contributed by atoms with Crippen molar-refractivity contribution in [2.75, 3.05) is 0 Å². The van der Waals surface area contributed by atoms with Gasteiger partial charge in [-0.25, -0.2) is 4.99 Å². The molecule has 2 aromatic carbocycles. The molecule has 43 heavy (non-hydrogen) atoms. The molecule has 218 valence electrons. The van der Waals surface area contributed by atoms with Crippen LogP contribution in [0.25, 0.3) is 11.8 Å². The van der Waals surface area contributed by atoms with Crippen molar-refractivity contribution in [3.63, 3.8) is 0 Å². The second-order valence-corrected chi connectivity index (χ2v) is 14.2. The van der Waals surface area contributed by atoms with Gasteiger partial charge in [-0.1, -0.05) is 30.3 Å². The van der Waals surface area contributed by atoms with Gasteiger partial charge in [0.15, 0.2) is 5.17 Å². The van der Waals surface area contributed by atoms with Crippen LogP contribution in [0.3, 0.4) is 0 Å². The molecule has 2 aromatic heterocycles. The molecule has 1 amide bonds. The van der Waals surface area contributed by atoms with Gasteiger partial charge < -0.3 is 8.98 Å². The summed E-state index contributed by atoms with van der Waals surface area (Å²) in [6.07, 6.45) is 12.2. The Hall–Kier alpha value is -3.77. The van der Waals surface area contributed by atoms with E-state index >= 15 is 0 Å². The zero-order valence-electron chi connectivity index (χ0n) is 24.8. The van der Waals surface area contributed by atoms with Gasteiger partial charge in [-0.3, -0.25) is 9.69 Å². The molecule has 4 aliphatic carbocycles. The van der Waals surface area contributed by atoms with Gasteiger partial charge in [0, 0.05) is 17.1 Å². The average molecular weight is 588 g/mol. The lowest BCUT2D eigenvalue weighted by molar-refractivity contribution is -0.122. The summed E-state index contributed by atoms with van der Waals surface area (Å²) in [5.74, 6) is 3.51. The number of hydrogen-bond donors (Lipinski definition) is 0. The molecule has 6 heteroatoms. The molecule has 5 aliphatic rings. The summed E-state index contributed by atoms with van der Waals surface area (Å²) in [5, 5.41) is 0.660. The summed E-state index contributed by atoms with van der Waals surface area (Å²) >= 11 is 1.42. The first-order valence-electron chi connectivity index (χ1n) is 15.6. The van der Waals surface area contributed by atoms with Crippen LogP contribution in [0, 0.1) is 31.6 Å². The predicted octanol–water partition coefficient (Wildman–Crippen LogP) is 8.96. The van der Waals surface area contributed by atoms with E-state index in [1.54, 1.807) is 16.7 Å². The second-order valence-electron chi connectivity index (χ2n) is 13.2. The van der Waals surface area contributed by atoms with E-state index in [-0.39, 0.29) is 5.91 Å². The van der Waals surface area contributed by atoms with Crippen molar-refractivity contribution in [1.82, 2.24) is 9.47 Å². The largest absolute Gasteiger partial charge is 0.467 e. The van der Waals surface area contributed by atoms with Crippen molar-refractivity contribution in [2.24, 2.45) is 22.7 Å². The lowest BCUT2D eigenvalue weighted by Gasteiger charge is -2.57. The quantitative estimate of drug-likeness (QED) is 0.212. The third-order valence-electron chi connectivity index (χ3n) is 10.3. The zero-order valence-corrected chi connectivity index (χ0v) is 25.6. The first-order valence-corrected chi connectivity index (χ1v) is 16.4. The fraction of sp³-hybridized carbons (Fsp3) is 0.351. The topological polar surface area (TPSA) is 50.7 Å². The van der Waals surface area contributed by atoms with Crippen LogP contribution in [0.2, 0.25) is 0 Å². The van der Waals surface area contributed by atoms with E-state index in [1.165, 1.54) is 56.0 Å². The van der Waals surface area contributed by atoms with Gasteiger partial charge in [0.25, 0.3) is 5.91 Å². The number of benzene rings is 2. The van der Waals surface area contributed by atoms with Crippen molar-refractivity contribution < 1.29 is 9.21 Å². The van der Waals surface area contributed by atoms with Crippen LogP contribution < -0.4 is 0 Å². The van der Waals surface area contributed by atoms with Gasteiger partial charge in [0.05, 0.1) is 23.4 Å². The Morgan fingerprint density at radius 2 is 1.63 bits per heavy atom. The van der Waals surface area contributed by atoms with Gasteiger partial charge >= 0.3 is 0 Å². The summed E-state index contributed by atoms with van der Waals surface area (Å²) < 4.78 is 7.90. The van der Waals surface area contributed by atoms with Gasteiger partial charge in [0.1, 0.15) is 5.76 Å². The summed E-state index contributed by atoms with van der Waals surface area (Å²) in [7, 11) is 0. The molecule has 5 nitrogen and oxygen atoms in total. The first kappa shape index (κ1) is 26.8. The monoisotopic (exact) mass is 587 g/mol. The number of para-hydroxylation sites is 1. The van der Waals surface area contributed by atoms with E-state index in [1.807, 2.05) is 48.5 Å². The minimum absolute atomic E-state index is 0.0548. The molecule has 4 aromatic rings. The minimum atomic E-state index is -0.0548. The van der Waals surface area contributed by atoms with Crippen LogP contribution in [0.4, 0.5) is 5.69 Å². The van der Waals surface area contributed by atoms with Gasteiger partial charge in [0.2, 0.25) is 0 Å². The number of furan rings is 1. The number of thioether (sulfide) groups is 1. The summed E-state index contributed by atoms with van der Waals surface area (Å²) in [6, 6.07) is 25.2. The maximum absolute atomic E-state index is 13.7. The molecule has 1 saturated heterocycles. The zero-order chi connectivity index (χ0) is 29.1. The Labute approximate surface area is 257 Å². The molecule has 0 unspecified atom stereocenters. The summed E-state index contributed by atoms with van der Waals surface area (Å²) in [5.41, 5.74) is 7.31. The fourth-order valence-corrected chi connectivity index (χ4v) is 9.79. The molecule has 4 saturated carbocycles. The van der Waals surface area contributed by atoms with Crippen molar-refractivity contribution in [2.45, 2.75) is 64.3 Å². The number of aliphatic imine (C=N–C) groups is 1. The number of amides is 1. The average Bonchev–Trinajstić information content (AvgIpc) is 3.68. The molecule has 0 spiro atoms. The molecule has 9 rings (SSSR count). The highest BCUT2D eigenvalue weighted by atomic mass is 32.2. The van der Waals surface area contributed by atoms with E-state index in [9.17, 15) is 4.79 Å². The van der Waals surface area contributed by atoms with Crippen LogP contribution in [0.5, 0.6) is 0 Å². The van der Waals surface area contributed by atoms with Gasteiger partial charge in [-0.05, 0) is 147 Å². The fourth-order valence-electron chi connectivity index (χ4n) is 8.80. The molecular formula is C37H37N3O2S. The third kappa shape index (κ3) is 4.80. The van der Waals surface area contributed by atoms with E-state index in [4.69, 9.17) is 9.41 Å². The number of amidine groups is 1. The smallest absolute Gasteiger partial charge is 0.267 e. The minimum Gasteiger partial charge on any atom is -0.467 e. The number of rotatable bonds is 6. The lowest BCUT2D eigenvalue weighted by atomic mass is 9.48. The van der Waals surface area contributed by atoms with Crippen LogP contribution in [-0.4, -0.2) is 20.5 Å². The van der Waals surface area contributed by atoms with Crippen molar-refractivity contribution in [3.8, 4) is 5.69 Å².